The summed E-state index contributed by atoms with van der Waals surface area (Å²) in [6.07, 6.45) is -0.775. The summed E-state index contributed by atoms with van der Waals surface area (Å²) in [5.74, 6) is -2.56. The number of aliphatic hydroxyl groups excluding tert-OH is 4. The van der Waals surface area contributed by atoms with Gasteiger partial charge in [0.2, 0.25) is 17.7 Å². The second-order valence-corrected chi connectivity index (χ2v) is 10.3. The summed E-state index contributed by atoms with van der Waals surface area (Å²) < 4.78 is -0.447. The smallest absolute Gasteiger partial charge is 0.241 e. The molecule has 0 heterocycles. The highest BCUT2D eigenvalue weighted by molar-refractivity contribution is 14.1. The number of carbonyl (C=O) groups excluding carboxylic acids is 3. The number of rotatable bonds is 9. The summed E-state index contributed by atoms with van der Waals surface area (Å²) in [5.41, 5.74) is 0.400. The van der Waals surface area contributed by atoms with Crippen LogP contribution in [-0.4, -0.2) is 80.1 Å². The first-order chi connectivity index (χ1) is 13.5. The van der Waals surface area contributed by atoms with Crippen LogP contribution in [0, 0.1) is 5.92 Å². The van der Waals surface area contributed by atoms with E-state index in [1.807, 2.05) is 67.8 Å². The predicted octanol–water partition coefficient (Wildman–Crippen LogP) is -1.17. The Kier molecular flexibility index (Phi) is 11.2. The van der Waals surface area contributed by atoms with Crippen molar-refractivity contribution in [3.05, 3.63) is 18.9 Å². The Hall–Kier alpha value is -0.0800. The summed E-state index contributed by atoms with van der Waals surface area (Å²) >= 11 is 5.67. The second kappa shape index (κ2) is 12.1. The Morgan fingerprint density at radius 1 is 1.10 bits per heavy atom. The number of hydrogen-bond acceptors (Lipinski definition) is 7. The molecule has 0 saturated heterocycles. The highest BCUT2D eigenvalue weighted by Gasteiger charge is 2.50. The van der Waals surface area contributed by atoms with E-state index in [1.54, 1.807) is 0 Å². The fourth-order valence-corrected chi connectivity index (χ4v) is 7.30. The van der Waals surface area contributed by atoms with Crippen molar-refractivity contribution < 1.29 is 34.8 Å². The fraction of sp³-hybridized carbons (Fsp3) is 0.562. The molecule has 1 aliphatic rings. The minimum Gasteiger partial charge on any atom is -0.394 e. The van der Waals surface area contributed by atoms with Crippen molar-refractivity contribution in [1.82, 2.24) is 16.0 Å². The summed E-state index contributed by atoms with van der Waals surface area (Å²) in [5, 5.41) is 44.6. The molecule has 0 aromatic carbocycles. The Morgan fingerprint density at radius 2 is 1.62 bits per heavy atom. The van der Waals surface area contributed by atoms with Crippen molar-refractivity contribution in [3.63, 3.8) is 0 Å². The van der Waals surface area contributed by atoms with Crippen LogP contribution in [0.15, 0.2) is 18.9 Å². The zero-order valence-corrected chi connectivity index (χ0v) is 21.8. The van der Waals surface area contributed by atoms with E-state index in [0.29, 0.717) is 12.9 Å². The lowest BCUT2D eigenvalue weighted by atomic mass is 9.85. The Balaban J connectivity index is 3.29. The zero-order chi connectivity index (χ0) is 22.4. The van der Waals surface area contributed by atoms with Crippen molar-refractivity contribution in [3.8, 4) is 0 Å². The lowest BCUT2D eigenvalue weighted by Crippen LogP contribution is -2.55. The standard InChI is InChI=1S/C16H22I3N3O7/c1-7(25)22-13-10(17)2-16(19,15(29)21-4-9(27)6-24)11(12(13)18)14(28)20-3-8(26)5-23/h2,8-9,11,23-24,26-27H,3-6H2,1H3,(H,20,28)(H,21,29)(H,22,25). The molecule has 0 saturated carbocycles. The molecule has 3 amide bonds. The van der Waals surface area contributed by atoms with Gasteiger partial charge in [0.1, 0.15) is 3.42 Å². The van der Waals surface area contributed by atoms with Crippen LogP contribution >= 0.6 is 67.8 Å². The van der Waals surface area contributed by atoms with E-state index in [9.17, 15) is 24.6 Å². The van der Waals surface area contributed by atoms with E-state index >= 15 is 0 Å². The molecule has 0 fully saturated rings. The molecular weight excluding hydrogens is 727 g/mol. The van der Waals surface area contributed by atoms with Crippen LogP contribution in [0.1, 0.15) is 6.92 Å². The Labute approximate surface area is 208 Å². The van der Waals surface area contributed by atoms with E-state index in [1.165, 1.54) is 13.0 Å². The van der Waals surface area contributed by atoms with Gasteiger partial charge in [0.25, 0.3) is 0 Å². The van der Waals surface area contributed by atoms with Gasteiger partial charge in [0, 0.05) is 27.2 Å². The lowest BCUT2D eigenvalue weighted by molar-refractivity contribution is -0.130. The first-order valence-electron chi connectivity index (χ1n) is 8.36. The molecule has 1 aliphatic carbocycles. The van der Waals surface area contributed by atoms with E-state index in [-0.39, 0.29) is 19.0 Å². The second-order valence-electron chi connectivity index (χ2n) is 6.23. The van der Waals surface area contributed by atoms with Crippen LogP contribution in [0.2, 0.25) is 0 Å². The molecule has 1 rings (SSSR count). The van der Waals surface area contributed by atoms with Gasteiger partial charge in [-0.05, 0) is 51.3 Å². The topological polar surface area (TPSA) is 168 Å². The molecule has 10 nitrogen and oxygen atoms in total. The number of nitrogens with one attached hydrogen (secondary N) is 3. The van der Waals surface area contributed by atoms with Crippen LogP contribution in [0.4, 0.5) is 0 Å². The number of carbonyl (C=O) groups is 3. The maximum atomic E-state index is 12.9. The van der Waals surface area contributed by atoms with Gasteiger partial charge in [0.05, 0.1) is 37.0 Å². The molecule has 0 aromatic rings. The van der Waals surface area contributed by atoms with E-state index < -0.39 is 46.6 Å². The molecule has 0 aromatic heterocycles. The quantitative estimate of drug-likeness (QED) is 0.115. The summed E-state index contributed by atoms with van der Waals surface area (Å²) in [6, 6.07) is 0. The lowest BCUT2D eigenvalue weighted by Gasteiger charge is -2.36. The normalized spacial score (nSPS) is 23.7. The molecule has 13 heteroatoms. The van der Waals surface area contributed by atoms with Crippen molar-refractivity contribution in [1.29, 1.82) is 0 Å². The average molecular weight is 749 g/mol. The van der Waals surface area contributed by atoms with Crippen LogP contribution in [-0.2, 0) is 14.4 Å². The number of halogens is 3. The monoisotopic (exact) mass is 749 g/mol. The van der Waals surface area contributed by atoms with Gasteiger partial charge in [0.15, 0.2) is 0 Å². The van der Waals surface area contributed by atoms with Crippen molar-refractivity contribution in [2.75, 3.05) is 26.3 Å². The third-order valence-electron chi connectivity index (χ3n) is 3.83. The van der Waals surface area contributed by atoms with Gasteiger partial charge in [-0.1, -0.05) is 22.6 Å². The molecule has 4 atom stereocenters. The van der Waals surface area contributed by atoms with Crippen LogP contribution in [0.3, 0.4) is 0 Å². The number of alkyl halides is 1. The third-order valence-corrected chi connectivity index (χ3v) is 7.27. The maximum Gasteiger partial charge on any atom is 0.241 e. The number of hydrogen-bond donors (Lipinski definition) is 7. The van der Waals surface area contributed by atoms with E-state index in [2.05, 4.69) is 16.0 Å². The molecule has 4 unspecified atom stereocenters. The molecule has 0 radical (unpaired) electrons. The van der Waals surface area contributed by atoms with Crippen molar-refractivity contribution in [2.24, 2.45) is 5.92 Å². The highest BCUT2D eigenvalue weighted by atomic mass is 127. The molecule has 0 spiro atoms. The van der Waals surface area contributed by atoms with E-state index in [0.717, 1.165) is 0 Å². The van der Waals surface area contributed by atoms with Gasteiger partial charge in [-0.25, -0.2) is 0 Å². The van der Waals surface area contributed by atoms with Gasteiger partial charge >= 0.3 is 0 Å². The summed E-state index contributed by atoms with van der Waals surface area (Å²) in [4.78, 5) is 37.4. The minimum absolute atomic E-state index is 0.207. The number of amides is 3. The number of allylic oxidation sites excluding steroid dienone is 1. The summed E-state index contributed by atoms with van der Waals surface area (Å²) in [7, 11) is 0. The first-order valence-corrected chi connectivity index (χ1v) is 11.6. The number of aliphatic hydroxyl groups is 4. The Bertz CT molecular complexity index is 716. The summed E-state index contributed by atoms with van der Waals surface area (Å²) in [6.45, 7) is -0.177. The minimum atomic E-state index is -1.41. The van der Waals surface area contributed by atoms with Gasteiger partial charge in [-0.3, -0.25) is 14.4 Å². The van der Waals surface area contributed by atoms with Crippen molar-refractivity contribution in [2.45, 2.75) is 22.6 Å². The molecule has 7 N–H and O–H groups in total. The molecule has 0 aliphatic heterocycles. The first kappa shape index (κ1) is 27.0. The fourth-order valence-electron chi connectivity index (χ4n) is 2.38. The largest absolute Gasteiger partial charge is 0.394 e. The molecular formula is C16H22I3N3O7. The van der Waals surface area contributed by atoms with Gasteiger partial charge in [-0.15, -0.1) is 0 Å². The molecule has 164 valence electrons. The zero-order valence-electron chi connectivity index (χ0n) is 15.3. The van der Waals surface area contributed by atoms with Crippen LogP contribution in [0.25, 0.3) is 0 Å². The van der Waals surface area contributed by atoms with Crippen molar-refractivity contribution >= 4 is 85.5 Å². The van der Waals surface area contributed by atoms with Crippen LogP contribution < -0.4 is 16.0 Å². The molecule has 0 bridgehead atoms. The Morgan fingerprint density at radius 3 is 2.10 bits per heavy atom. The highest BCUT2D eigenvalue weighted by Crippen LogP contribution is 2.46. The van der Waals surface area contributed by atoms with Crippen LogP contribution in [0.5, 0.6) is 0 Å². The SMILES string of the molecule is CC(=O)NC1=C(I)C(C(=O)NCC(O)CO)C(I)(C(=O)NCC(O)CO)C=C1I. The molecule has 29 heavy (non-hydrogen) atoms. The average Bonchev–Trinajstić information content (AvgIpc) is 2.66. The van der Waals surface area contributed by atoms with Gasteiger partial charge < -0.3 is 36.4 Å². The van der Waals surface area contributed by atoms with Gasteiger partial charge in [-0.2, -0.15) is 0 Å². The predicted molar refractivity (Wildman–Crippen MR) is 129 cm³/mol. The van der Waals surface area contributed by atoms with E-state index in [4.69, 9.17) is 10.2 Å². The maximum absolute atomic E-state index is 12.9. The third kappa shape index (κ3) is 7.23.